The Balaban J connectivity index is 1.83. The van der Waals surface area contributed by atoms with Crippen LogP contribution in [0.2, 0.25) is 0 Å². The van der Waals surface area contributed by atoms with Gasteiger partial charge < -0.3 is 14.8 Å². The van der Waals surface area contributed by atoms with E-state index in [1.54, 1.807) is 38.3 Å². The summed E-state index contributed by atoms with van der Waals surface area (Å²) in [4.78, 5) is 27.6. The van der Waals surface area contributed by atoms with Crippen LogP contribution in [-0.2, 0) is 4.79 Å². The minimum absolute atomic E-state index is 0.000378. The first-order valence-corrected chi connectivity index (χ1v) is 9.58. The molecule has 0 aliphatic carbocycles. The number of benzene rings is 2. The van der Waals surface area contributed by atoms with Gasteiger partial charge in [-0.25, -0.2) is 4.99 Å². The Hall–Kier alpha value is -3.33. The number of aliphatic imine (C=N–C) groups is 1. The third-order valence-electron chi connectivity index (χ3n) is 4.05. The maximum absolute atomic E-state index is 12.3. The zero-order valence-electron chi connectivity index (χ0n) is 16.1. The van der Waals surface area contributed by atoms with E-state index in [-0.39, 0.29) is 11.6 Å². The highest BCUT2D eigenvalue weighted by molar-refractivity contribution is 8.18. The number of non-ortho nitro benzene ring substituents is 1. The number of carbonyl (C=O) groups is 1. The number of nitro groups is 1. The molecule has 9 heteroatoms. The lowest BCUT2D eigenvalue weighted by molar-refractivity contribution is -0.384. The lowest BCUT2D eigenvalue weighted by Crippen LogP contribution is -2.19. The van der Waals surface area contributed by atoms with Crippen molar-refractivity contribution in [1.29, 1.82) is 0 Å². The fourth-order valence-corrected chi connectivity index (χ4v) is 3.50. The van der Waals surface area contributed by atoms with Gasteiger partial charge >= 0.3 is 0 Å². The number of thioether (sulfide) groups is 1. The minimum atomic E-state index is -0.456. The molecule has 0 radical (unpaired) electrons. The third kappa shape index (κ3) is 4.75. The number of nitrogens with one attached hydrogen (secondary N) is 1. The van der Waals surface area contributed by atoms with Crippen molar-refractivity contribution in [2.75, 3.05) is 13.7 Å². The van der Waals surface area contributed by atoms with Gasteiger partial charge in [-0.15, -0.1) is 0 Å². The van der Waals surface area contributed by atoms with E-state index in [4.69, 9.17) is 9.47 Å². The summed E-state index contributed by atoms with van der Waals surface area (Å²) in [7, 11) is 1.56. The van der Waals surface area contributed by atoms with Crippen LogP contribution in [0.1, 0.15) is 18.1 Å². The lowest BCUT2D eigenvalue weighted by atomic mass is 10.2. The van der Waals surface area contributed by atoms with Gasteiger partial charge in [0, 0.05) is 12.1 Å². The van der Waals surface area contributed by atoms with Crippen LogP contribution >= 0.6 is 11.8 Å². The normalized spacial score (nSPS) is 16.2. The van der Waals surface area contributed by atoms with Gasteiger partial charge in [-0.3, -0.25) is 14.9 Å². The SMILES string of the molecule is CCOc1ccc(/C=C2/SC(=Nc3ccc([N+](=O)[O-])cc3C)NC2=O)cc1OC. The van der Waals surface area contributed by atoms with Gasteiger partial charge in [-0.2, -0.15) is 0 Å². The minimum Gasteiger partial charge on any atom is -0.493 e. The van der Waals surface area contributed by atoms with Gasteiger partial charge in [0.1, 0.15) is 0 Å². The van der Waals surface area contributed by atoms with E-state index in [2.05, 4.69) is 10.3 Å². The van der Waals surface area contributed by atoms with Gasteiger partial charge in [0.15, 0.2) is 16.7 Å². The number of carbonyl (C=O) groups excluding carboxylic acids is 1. The van der Waals surface area contributed by atoms with Gasteiger partial charge in [-0.05, 0) is 61.0 Å². The van der Waals surface area contributed by atoms with Crippen molar-refractivity contribution >= 4 is 40.3 Å². The Kier molecular flexibility index (Phi) is 6.18. The smallest absolute Gasteiger partial charge is 0.269 e. The second-order valence-electron chi connectivity index (χ2n) is 6.05. The average molecular weight is 413 g/mol. The Morgan fingerprint density at radius 2 is 2.03 bits per heavy atom. The van der Waals surface area contributed by atoms with Crippen molar-refractivity contribution in [2.45, 2.75) is 13.8 Å². The first kappa shape index (κ1) is 20.4. The molecule has 2 aromatic rings. The summed E-state index contributed by atoms with van der Waals surface area (Å²) in [6.45, 7) is 4.15. The molecule has 1 fully saturated rings. The van der Waals surface area contributed by atoms with Gasteiger partial charge in [0.25, 0.3) is 11.6 Å². The molecule has 1 amide bonds. The van der Waals surface area contributed by atoms with Crippen LogP contribution < -0.4 is 14.8 Å². The zero-order chi connectivity index (χ0) is 21.0. The van der Waals surface area contributed by atoms with E-state index in [1.807, 2.05) is 13.0 Å². The van der Waals surface area contributed by atoms with Crippen LogP contribution in [0.5, 0.6) is 11.5 Å². The molecule has 1 heterocycles. The molecule has 1 saturated heterocycles. The number of amidine groups is 1. The van der Waals surface area contributed by atoms with Crippen LogP contribution in [0.3, 0.4) is 0 Å². The van der Waals surface area contributed by atoms with Gasteiger partial charge in [0.2, 0.25) is 0 Å². The summed E-state index contributed by atoms with van der Waals surface area (Å²) in [6, 6.07) is 9.82. The van der Waals surface area contributed by atoms with E-state index in [0.29, 0.717) is 39.4 Å². The van der Waals surface area contributed by atoms with Crippen LogP contribution in [0.15, 0.2) is 46.3 Å². The molecule has 1 aliphatic heterocycles. The molecular formula is C20H19N3O5S. The van der Waals surface area contributed by atoms with Crippen molar-refractivity contribution in [3.8, 4) is 11.5 Å². The van der Waals surface area contributed by atoms with Crippen molar-refractivity contribution < 1.29 is 19.2 Å². The molecule has 1 aliphatic rings. The molecule has 1 N–H and O–H groups in total. The number of hydrogen-bond acceptors (Lipinski definition) is 7. The highest BCUT2D eigenvalue weighted by atomic mass is 32.2. The first-order valence-electron chi connectivity index (χ1n) is 8.76. The summed E-state index contributed by atoms with van der Waals surface area (Å²) in [5.74, 6) is 0.956. The summed E-state index contributed by atoms with van der Waals surface area (Å²) >= 11 is 1.20. The van der Waals surface area contributed by atoms with Gasteiger partial charge in [0.05, 0.1) is 29.2 Å². The molecule has 150 valence electrons. The molecule has 3 rings (SSSR count). The van der Waals surface area contributed by atoms with E-state index in [0.717, 1.165) is 5.56 Å². The molecule has 0 saturated carbocycles. The van der Waals surface area contributed by atoms with E-state index >= 15 is 0 Å². The lowest BCUT2D eigenvalue weighted by Gasteiger charge is -2.09. The fraction of sp³-hybridized carbons (Fsp3) is 0.200. The molecule has 0 bridgehead atoms. The average Bonchev–Trinajstić information content (AvgIpc) is 3.03. The number of nitro benzene ring substituents is 1. The maximum atomic E-state index is 12.3. The summed E-state index contributed by atoms with van der Waals surface area (Å²) < 4.78 is 10.8. The Morgan fingerprint density at radius 3 is 2.69 bits per heavy atom. The zero-order valence-corrected chi connectivity index (χ0v) is 16.9. The van der Waals surface area contributed by atoms with Gasteiger partial charge in [-0.1, -0.05) is 6.07 Å². The Morgan fingerprint density at radius 1 is 1.24 bits per heavy atom. The van der Waals surface area contributed by atoms with Crippen molar-refractivity contribution in [3.05, 3.63) is 62.5 Å². The molecule has 2 aromatic carbocycles. The molecular weight excluding hydrogens is 394 g/mol. The van der Waals surface area contributed by atoms with Crippen molar-refractivity contribution in [1.82, 2.24) is 5.32 Å². The summed E-state index contributed by atoms with van der Waals surface area (Å²) in [6.07, 6.45) is 1.74. The number of hydrogen-bond donors (Lipinski definition) is 1. The quantitative estimate of drug-likeness (QED) is 0.432. The number of ether oxygens (including phenoxy) is 2. The second kappa shape index (κ2) is 8.78. The molecule has 0 atom stereocenters. The van der Waals surface area contributed by atoms with Crippen molar-refractivity contribution in [3.63, 3.8) is 0 Å². The highest BCUT2D eigenvalue weighted by Crippen LogP contribution is 2.33. The molecule has 0 spiro atoms. The van der Waals surface area contributed by atoms with Crippen molar-refractivity contribution in [2.24, 2.45) is 4.99 Å². The number of aryl methyl sites for hydroxylation is 1. The maximum Gasteiger partial charge on any atom is 0.269 e. The Bertz CT molecular complexity index is 1030. The van der Waals surface area contributed by atoms with Crippen LogP contribution in [-0.4, -0.2) is 29.7 Å². The molecule has 29 heavy (non-hydrogen) atoms. The van der Waals surface area contributed by atoms with E-state index in [1.165, 1.54) is 23.9 Å². The molecule has 0 unspecified atom stereocenters. The number of methoxy groups -OCH3 is 1. The largest absolute Gasteiger partial charge is 0.493 e. The fourth-order valence-electron chi connectivity index (χ4n) is 2.67. The predicted molar refractivity (Wildman–Crippen MR) is 113 cm³/mol. The topological polar surface area (TPSA) is 103 Å². The van der Waals surface area contributed by atoms with E-state index < -0.39 is 4.92 Å². The standard InChI is InChI=1S/C20H19N3O5S/c1-4-28-16-8-5-13(10-17(16)27-3)11-18-19(24)22-20(29-18)21-15-7-6-14(23(25)26)9-12(15)2/h5-11H,4H2,1-3H3,(H,21,22,24)/b18-11+. The Labute approximate surface area is 171 Å². The summed E-state index contributed by atoms with van der Waals surface area (Å²) in [5.41, 5.74) is 1.99. The molecule has 8 nitrogen and oxygen atoms in total. The second-order valence-corrected chi connectivity index (χ2v) is 7.08. The monoisotopic (exact) mass is 413 g/mol. The van der Waals surface area contributed by atoms with Crippen LogP contribution in [0.25, 0.3) is 6.08 Å². The van der Waals surface area contributed by atoms with Crippen LogP contribution in [0.4, 0.5) is 11.4 Å². The number of amides is 1. The summed E-state index contributed by atoms with van der Waals surface area (Å²) in [5, 5.41) is 14.0. The molecule has 0 aromatic heterocycles. The first-order chi connectivity index (χ1) is 13.9. The number of rotatable bonds is 6. The predicted octanol–water partition coefficient (Wildman–Crippen LogP) is 4.20. The van der Waals surface area contributed by atoms with E-state index in [9.17, 15) is 14.9 Å². The third-order valence-corrected chi connectivity index (χ3v) is 4.96. The van der Waals surface area contributed by atoms with Crippen LogP contribution in [0, 0.1) is 17.0 Å². The number of nitrogens with zero attached hydrogens (tertiary/aromatic N) is 2. The highest BCUT2D eigenvalue weighted by Gasteiger charge is 2.24.